The fourth-order valence-electron chi connectivity index (χ4n) is 1.65. The highest BCUT2D eigenvalue weighted by molar-refractivity contribution is 9.10. The summed E-state index contributed by atoms with van der Waals surface area (Å²) in [6.07, 6.45) is 0.573. The van der Waals surface area contributed by atoms with Gasteiger partial charge < -0.3 is 14.8 Å². The van der Waals surface area contributed by atoms with Crippen molar-refractivity contribution in [3.63, 3.8) is 0 Å². The second kappa shape index (κ2) is 3.82. The molecule has 3 nitrogen and oxygen atoms in total. The van der Waals surface area contributed by atoms with Crippen molar-refractivity contribution in [2.24, 2.45) is 5.92 Å². The minimum absolute atomic E-state index is 0.233. The summed E-state index contributed by atoms with van der Waals surface area (Å²) in [4.78, 5) is 0. The van der Waals surface area contributed by atoms with E-state index >= 15 is 0 Å². The van der Waals surface area contributed by atoms with Crippen LogP contribution < -0.4 is 5.32 Å². The Kier molecular flexibility index (Phi) is 2.71. The second-order valence-corrected chi connectivity index (χ2v) is 4.18. The van der Waals surface area contributed by atoms with Gasteiger partial charge in [0.05, 0.1) is 6.10 Å². The number of halogens is 1. The van der Waals surface area contributed by atoms with Gasteiger partial charge in [0.15, 0.2) is 4.67 Å². The number of hydrogen-bond acceptors (Lipinski definition) is 3. The second-order valence-electron chi connectivity index (χ2n) is 3.40. The van der Waals surface area contributed by atoms with Gasteiger partial charge in [-0.1, -0.05) is 0 Å². The molecule has 4 heteroatoms. The van der Waals surface area contributed by atoms with E-state index in [0.29, 0.717) is 6.54 Å². The van der Waals surface area contributed by atoms with Gasteiger partial charge in [-0.2, -0.15) is 0 Å². The van der Waals surface area contributed by atoms with Crippen molar-refractivity contribution < 1.29 is 9.52 Å². The number of hydrogen-bond donors (Lipinski definition) is 2. The summed E-state index contributed by atoms with van der Waals surface area (Å²) in [7, 11) is 0. The number of furan rings is 1. The Morgan fingerprint density at radius 3 is 2.92 bits per heavy atom. The molecule has 0 spiro atoms. The predicted molar refractivity (Wildman–Crippen MR) is 52.5 cm³/mol. The van der Waals surface area contributed by atoms with Crippen molar-refractivity contribution in [2.45, 2.75) is 12.5 Å². The smallest absolute Gasteiger partial charge is 0.169 e. The van der Waals surface area contributed by atoms with Crippen LogP contribution in [0.1, 0.15) is 5.76 Å². The number of rotatable bonds is 2. The molecule has 0 saturated carbocycles. The van der Waals surface area contributed by atoms with Crippen molar-refractivity contribution in [1.82, 2.24) is 5.32 Å². The van der Waals surface area contributed by atoms with Gasteiger partial charge in [-0.05, 0) is 28.1 Å². The first-order valence-electron chi connectivity index (χ1n) is 4.38. The third kappa shape index (κ3) is 2.13. The Hall–Kier alpha value is -0.320. The Labute approximate surface area is 85.3 Å². The molecule has 2 N–H and O–H groups in total. The fourth-order valence-corrected chi connectivity index (χ4v) is 1.99. The first-order valence-corrected chi connectivity index (χ1v) is 5.18. The zero-order valence-electron chi connectivity index (χ0n) is 7.16. The number of aliphatic hydroxyl groups is 1. The maximum absolute atomic E-state index is 9.54. The van der Waals surface area contributed by atoms with Crippen molar-refractivity contribution in [3.05, 3.63) is 22.6 Å². The van der Waals surface area contributed by atoms with Crippen LogP contribution in [0.2, 0.25) is 0 Å². The first-order chi connectivity index (χ1) is 6.25. The van der Waals surface area contributed by atoms with E-state index in [1.165, 1.54) is 0 Å². The molecule has 0 aliphatic carbocycles. The molecule has 1 aliphatic heterocycles. The van der Waals surface area contributed by atoms with E-state index in [9.17, 15) is 5.11 Å². The van der Waals surface area contributed by atoms with Gasteiger partial charge in [0.25, 0.3) is 0 Å². The normalized spacial score (nSPS) is 28.2. The molecule has 1 fully saturated rings. The van der Waals surface area contributed by atoms with E-state index < -0.39 is 0 Å². The lowest BCUT2D eigenvalue weighted by molar-refractivity contribution is 0.144. The lowest BCUT2D eigenvalue weighted by Gasteiger charge is -2.10. The van der Waals surface area contributed by atoms with Crippen LogP contribution in [-0.2, 0) is 6.42 Å². The topological polar surface area (TPSA) is 45.4 Å². The van der Waals surface area contributed by atoms with E-state index in [2.05, 4.69) is 21.2 Å². The summed E-state index contributed by atoms with van der Waals surface area (Å²) in [5.41, 5.74) is 0. The fraction of sp³-hybridized carbons (Fsp3) is 0.556. The molecule has 2 rings (SSSR count). The Bertz CT molecular complexity index is 287. The molecule has 13 heavy (non-hydrogen) atoms. The van der Waals surface area contributed by atoms with Crippen LogP contribution in [0.5, 0.6) is 0 Å². The first kappa shape index (κ1) is 9.24. The molecule has 72 valence electrons. The van der Waals surface area contributed by atoms with Gasteiger partial charge in [0.1, 0.15) is 5.76 Å². The van der Waals surface area contributed by atoms with E-state index in [-0.39, 0.29) is 12.0 Å². The summed E-state index contributed by atoms with van der Waals surface area (Å²) < 4.78 is 6.12. The molecular formula is C9H12BrNO2. The van der Waals surface area contributed by atoms with Crippen molar-refractivity contribution in [1.29, 1.82) is 0 Å². The molecule has 0 radical (unpaired) electrons. The third-order valence-electron chi connectivity index (χ3n) is 2.40. The standard InChI is InChI=1S/C9H12BrNO2/c10-9-2-1-7(13-9)3-6-4-11-5-8(6)12/h1-2,6,8,11-12H,3-5H2/t6-,8-/m1/s1. The molecule has 0 aromatic carbocycles. The van der Waals surface area contributed by atoms with Crippen molar-refractivity contribution in [3.8, 4) is 0 Å². The number of β-amino-alcohol motifs (C(OH)–C–C–N with tert-alkyl or cyclic N) is 1. The van der Waals surface area contributed by atoms with Crippen molar-refractivity contribution in [2.75, 3.05) is 13.1 Å². The predicted octanol–water partition coefficient (Wildman–Crippen LogP) is 1.16. The van der Waals surface area contributed by atoms with Crippen LogP contribution in [0.15, 0.2) is 21.2 Å². The van der Waals surface area contributed by atoms with Crippen LogP contribution in [0.25, 0.3) is 0 Å². The molecule has 0 bridgehead atoms. The highest BCUT2D eigenvalue weighted by Gasteiger charge is 2.25. The number of aliphatic hydroxyl groups excluding tert-OH is 1. The summed E-state index contributed by atoms with van der Waals surface area (Å²) in [6.45, 7) is 1.58. The maximum Gasteiger partial charge on any atom is 0.169 e. The molecule has 1 aromatic rings. The average molecular weight is 246 g/mol. The maximum atomic E-state index is 9.54. The summed E-state index contributed by atoms with van der Waals surface area (Å²) in [6, 6.07) is 3.82. The quantitative estimate of drug-likeness (QED) is 0.823. The lowest BCUT2D eigenvalue weighted by atomic mass is 10.0. The molecule has 2 heterocycles. The van der Waals surface area contributed by atoms with E-state index in [1.54, 1.807) is 0 Å². The lowest BCUT2D eigenvalue weighted by Crippen LogP contribution is -2.19. The number of nitrogens with one attached hydrogen (secondary N) is 1. The minimum atomic E-state index is -0.233. The van der Waals surface area contributed by atoms with Gasteiger partial charge in [-0.25, -0.2) is 0 Å². The van der Waals surface area contributed by atoms with Crippen LogP contribution in [0, 0.1) is 5.92 Å². The third-order valence-corrected chi connectivity index (χ3v) is 2.82. The Morgan fingerprint density at radius 2 is 2.38 bits per heavy atom. The van der Waals surface area contributed by atoms with Crippen LogP contribution in [-0.4, -0.2) is 24.3 Å². The van der Waals surface area contributed by atoms with Crippen molar-refractivity contribution >= 4 is 15.9 Å². The van der Waals surface area contributed by atoms with E-state index in [1.807, 2.05) is 12.1 Å². The molecule has 1 saturated heterocycles. The molecule has 1 aromatic heterocycles. The van der Waals surface area contributed by atoms with Crippen LogP contribution >= 0.6 is 15.9 Å². The van der Waals surface area contributed by atoms with Gasteiger partial charge in [0, 0.05) is 25.4 Å². The summed E-state index contributed by atoms with van der Waals surface area (Å²) in [5.74, 6) is 1.22. The zero-order chi connectivity index (χ0) is 9.26. The summed E-state index contributed by atoms with van der Waals surface area (Å²) >= 11 is 3.25. The molecule has 0 amide bonds. The Morgan fingerprint density at radius 1 is 1.54 bits per heavy atom. The minimum Gasteiger partial charge on any atom is -0.454 e. The van der Waals surface area contributed by atoms with Gasteiger partial charge in [-0.3, -0.25) is 0 Å². The molecule has 0 unspecified atom stereocenters. The average Bonchev–Trinajstić information content (AvgIpc) is 2.64. The van der Waals surface area contributed by atoms with Gasteiger partial charge in [-0.15, -0.1) is 0 Å². The monoisotopic (exact) mass is 245 g/mol. The van der Waals surface area contributed by atoms with Gasteiger partial charge >= 0.3 is 0 Å². The highest BCUT2D eigenvalue weighted by atomic mass is 79.9. The summed E-state index contributed by atoms with van der Waals surface area (Å²) in [5, 5.41) is 12.7. The molecule has 2 atom stereocenters. The zero-order valence-corrected chi connectivity index (χ0v) is 8.75. The Balaban J connectivity index is 1.97. The van der Waals surface area contributed by atoms with E-state index in [4.69, 9.17) is 4.42 Å². The van der Waals surface area contributed by atoms with Gasteiger partial charge in [0.2, 0.25) is 0 Å². The highest BCUT2D eigenvalue weighted by Crippen LogP contribution is 2.20. The largest absolute Gasteiger partial charge is 0.454 e. The molecule has 1 aliphatic rings. The van der Waals surface area contributed by atoms with E-state index in [0.717, 1.165) is 23.4 Å². The SMILES string of the molecule is O[C@@H]1CNC[C@H]1Cc1ccc(Br)o1. The van der Waals surface area contributed by atoms with Crippen LogP contribution in [0.3, 0.4) is 0 Å². The molecular weight excluding hydrogens is 234 g/mol. The van der Waals surface area contributed by atoms with Crippen LogP contribution in [0.4, 0.5) is 0 Å².